The van der Waals surface area contributed by atoms with Crippen molar-refractivity contribution in [2.45, 2.75) is 46.1 Å². The first kappa shape index (κ1) is 15.2. The van der Waals surface area contributed by atoms with E-state index in [2.05, 4.69) is 6.58 Å². The minimum atomic E-state index is -0.546. The fourth-order valence-corrected chi connectivity index (χ4v) is 1.33. The quantitative estimate of drug-likeness (QED) is 0.557. The van der Waals surface area contributed by atoms with Crippen LogP contribution in [0.2, 0.25) is 0 Å². The number of nitrogens with zero attached hydrogens (tertiary/aromatic N) is 1. The minimum absolute atomic E-state index is 0.101. The maximum atomic E-state index is 12.2. The van der Waals surface area contributed by atoms with Crippen LogP contribution in [0.25, 0.3) is 0 Å². The largest absolute Gasteiger partial charge is 0.345 e. The molecule has 0 radical (unpaired) electrons. The van der Waals surface area contributed by atoms with Crippen LogP contribution in [0.3, 0.4) is 0 Å². The smallest absolute Gasteiger partial charge is 0.229 e. The second kappa shape index (κ2) is 5.48. The lowest BCUT2D eigenvalue weighted by atomic mass is 9.74. The van der Waals surface area contributed by atoms with Gasteiger partial charge >= 0.3 is 0 Å². The number of carbonyl (C=O) groups is 1. The second-order valence-corrected chi connectivity index (χ2v) is 5.50. The van der Waals surface area contributed by atoms with Crippen molar-refractivity contribution in [3.05, 3.63) is 12.7 Å². The van der Waals surface area contributed by atoms with Crippen LogP contribution < -0.4 is 5.73 Å². The Morgan fingerprint density at radius 1 is 1.38 bits per heavy atom. The van der Waals surface area contributed by atoms with Crippen LogP contribution >= 0.6 is 0 Å². The Morgan fingerprint density at radius 3 is 2.25 bits per heavy atom. The molecule has 0 aromatic heterocycles. The molecule has 0 aliphatic carbocycles. The molecule has 0 aromatic carbocycles. The first-order valence-electron chi connectivity index (χ1n) is 5.80. The molecular formula is C13H26N2O. The Morgan fingerprint density at radius 2 is 1.88 bits per heavy atom. The molecule has 94 valence electrons. The van der Waals surface area contributed by atoms with Gasteiger partial charge in [-0.3, -0.25) is 4.79 Å². The Hall–Kier alpha value is -0.830. The van der Waals surface area contributed by atoms with Gasteiger partial charge in [0.2, 0.25) is 5.91 Å². The van der Waals surface area contributed by atoms with Crippen LogP contribution in [-0.4, -0.2) is 29.9 Å². The predicted molar refractivity (Wildman–Crippen MR) is 69.1 cm³/mol. The molecule has 0 saturated carbocycles. The molecule has 3 nitrogen and oxygen atoms in total. The van der Waals surface area contributed by atoms with Crippen LogP contribution in [0.15, 0.2) is 12.7 Å². The van der Waals surface area contributed by atoms with E-state index in [4.69, 9.17) is 5.73 Å². The van der Waals surface area contributed by atoms with Gasteiger partial charge in [0.25, 0.3) is 0 Å². The van der Waals surface area contributed by atoms with Gasteiger partial charge in [0, 0.05) is 19.1 Å². The summed E-state index contributed by atoms with van der Waals surface area (Å²) in [6.07, 6.45) is 3.76. The van der Waals surface area contributed by atoms with Gasteiger partial charge < -0.3 is 10.6 Å². The van der Waals surface area contributed by atoms with Gasteiger partial charge in [-0.15, -0.1) is 6.58 Å². The van der Waals surface area contributed by atoms with E-state index in [-0.39, 0.29) is 5.91 Å². The van der Waals surface area contributed by atoms with Gasteiger partial charge in [-0.1, -0.05) is 6.08 Å². The zero-order chi connectivity index (χ0) is 13.0. The summed E-state index contributed by atoms with van der Waals surface area (Å²) in [7, 11) is 1.83. The van der Waals surface area contributed by atoms with Crippen molar-refractivity contribution < 1.29 is 4.79 Å². The molecule has 3 heteroatoms. The molecule has 0 atom stereocenters. The molecule has 0 aliphatic heterocycles. The molecule has 0 aromatic rings. The highest BCUT2D eigenvalue weighted by Crippen LogP contribution is 2.30. The summed E-state index contributed by atoms with van der Waals surface area (Å²) in [5.41, 5.74) is 4.98. The zero-order valence-corrected chi connectivity index (χ0v) is 11.3. The molecule has 0 bridgehead atoms. The molecule has 16 heavy (non-hydrogen) atoms. The summed E-state index contributed by atoms with van der Waals surface area (Å²) in [5, 5.41) is 0. The van der Waals surface area contributed by atoms with E-state index in [1.54, 1.807) is 4.90 Å². The first-order valence-corrected chi connectivity index (χ1v) is 5.80. The maximum absolute atomic E-state index is 12.2. The highest BCUT2D eigenvalue weighted by atomic mass is 16.2. The van der Waals surface area contributed by atoms with Gasteiger partial charge in [0.05, 0.1) is 5.41 Å². The molecular weight excluding hydrogens is 200 g/mol. The van der Waals surface area contributed by atoms with Crippen molar-refractivity contribution in [2.75, 3.05) is 13.6 Å². The lowest BCUT2D eigenvalue weighted by Gasteiger charge is -2.39. The highest BCUT2D eigenvalue weighted by Gasteiger charge is 2.41. The van der Waals surface area contributed by atoms with E-state index in [0.717, 1.165) is 19.4 Å². The molecule has 1 amide bonds. The fraction of sp³-hybridized carbons (Fsp3) is 0.769. The summed E-state index contributed by atoms with van der Waals surface area (Å²) in [6.45, 7) is 12.0. The number of amides is 1. The van der Waals surface area contributed by atoms with Gasteiger partial charge in [-0.05, 0) is 40.5 Å². The third-order valence-corrected chi connectivity index (χ3v) is 3.39. The first-order chi connectivity index (χ1) is 7.14. The molecule has 0 heterocycles. The topological polar surface area (TPSA) is 46.3 Å². The average Bonchev–Trinajstić information content (AvgIpc) is 2.15. The number of allylic oxidation sites excluding steroid dienone is 1. The number of hydrogen-bond donors (Lipinski definition) is 1. The predicted octanol–water partition coefficient (Wildman–Crippen LogP) is 2.17. The normalized spacial score (nSPS) is 12.4. The van der Waals surface area contributed by atoms with E-state index < -0.39 is 11.0 Å². The number of unbranched alkanes of at least 4 members (excludes halogenated alkanes) is 1. The van der Waals surface area contributed by atoms with Gasteiger partial charge in [0.15, 0.2) is 0 Å². The summed E-state index contributed by atoms with van der Waals surface area (Å²) < 4.78 is 0. The summed E-state index contributed by atoms with van der Waals surface area (Å²) in [5.74, 6) is 0.101. The van der Waals surface area contributed by atoms with Crippen LogP contribution in [0.4, 0.5) is 0 Å². The van der Waals surface area contributed by atoms with E-state index >= 15 is 0 Å². The monoisotopic (exact) mass is 226 g/mol. The van der Waals surface area contributed by atoms with Crippen molar-refractivity contribution in [2.24, 2.45) is 11.1 Å². The minimum Gasteiger partial charge on any atom is -0.345 e. The standard InChI is InChI=1S/C13H26N2O/c1-7-8-9-10-15(6)11(16)12(2,3)13(4,5)14/h7H,1,8-10,14H2,2-6H3. The molecule has 0 rings (SSSR count). The van der Waals surface area contributed by atoms with Gasteiger partial charge in [-0.25, -0.2) is 0 Å². The van der Waals surface area contributed by atoms with Crippen molar-refractivity contribution in [1.82, 2.24) is 4.90 Å². The van der Waals surface area contributed by atoms with Crippen LogP contribution in [0.5, 0.6) is 0 Å². The number of rotatable bonds is 6. The summed E-state index contributed by atoms with van der Waals surface area (Å²) in [4.78, 5) is 14.0. The molecule has 0 saturated heterocycles. The molecule has 0 fully saturated rings. The van der Waals surface area contributed by atoms with Crippen molar-refractivity contribution in [1.29, 1.82) is 0 Å². The second-order valence-electron chi connectivity index (χ2n) is 5.50. The van der Waals surface area contributed by atoms with E-state index in [1.165, 1.54) is 0 Å². The maximum Gasteiger partial charge on any atom is 0.229 e. The third-order valence-electron chi connectivity index (χ3n) is 3.39. The van der Waals surface area contributed by atoms with Crippen molar-refractivity contribution >= 4 is 5.91 Å². The van der Waals surface area contributed by atoms with Crippen molar-refractivity contribution in [3.63, 3.8) is 0 Å². The average molecular weight is 226 g/mol. The molecule has 0 unspecified atom stereocenters. The Labute approximate surface area is 99.7 Å². The fourth-order valence-electron chi connectivity index (χ4n) is 1.33. The van der Waals surface area contributed by atoms with Crippen molar-refractivity contribution in [3.8, 4) is 0 Å². The highest BCUT2D eigenvalue weighted by molar-refractivity contribution is 5.83. The van der Waals surface area contributed by atoms with E-state index in [0.29, 0.717) is 0 Å². The Kier molecular flexibility index (Phi) is 5.20. The Balaban J connectivity index is 4.48. The molecule has 2 N–H and O–H groups in total. The lowest BCUT2D eigenvalue weighted by molar-refractivity contribution is -0.142. The van der Waals surface area contributed by atoms with E-state index in [1.807, 2.05) is 40.8 Å². The number of nitrogens with two attached hydrogens (primary N) is 1. The summed E-state index contributed by atoms with van der Waals surface area (Å²) in [6, 6.07) is 0. The van der Waals surface area contributed by atoms with E-state index in [9.17, 15) is 4.79 Å². The zero-order valence-electron chi connectivity index (χ0n) is 11.3. The van der Waals surface area contributed by atoms with Gasteiger partial charge in [0.1, 0.15) is 0 Å². The van der Waals surface area contributed by atoms with Crippen LogP contribution in [0, 0.1) is 5.41 Å². The molecule has 0 spiro atoms. The van der Waals surface area contributed by atoms with Gasteiger partial charge in [-0.2, -0.15) is 0 Å². The number of hydrogen-bond acceptors (Lipinski definition) is 2. The number of carbonyl (C=O) groups excluding carboxylic acids is 1. The SMILES string of the molecule is C=CCCCN(C)C(=O)C(C)(C)C(C)(C)N. The summed E-state index contributed by atoms with van der Waals surface area (Å²) >= 11 is 0. The van der Waals surface area contributed by atoms with Crippen LogP contribution in [-0.2, 0) is 4.79 Å². The lowest BCUT2D eigenvalue weighted by Crippen LogP contribution is -2.55. The third kappa shape index (κ3) is 3.63. The molecule has 0 aliphatic rings. The Bertz CT molecular complexity index is 251. The van der Waals surface area contributed by atoms with Crippen LogP contribution in [0.1, 0.15) is 40.5 Å².